The van der Waals surface area contributed by atoms with E-state index in [0.717, 1.165) is 5.56 Å². The molecule has 2 aromatic carbocycles. The van der Waals surface area contributed by atoms with E-state index in [-0.39, 0.29) is 5.89 Å². The molecule has 0 aliphatic rings. The zero-order chi connectivity index (χ0) is 14.1. The summed E-state index contributed by atoms with van der Waals surface area (Å²) >= 11 is 12.0. The van der Waals surface area contributed by atoms with Crippen LogP contribution in [0, 0.1) is 0 Å². The Morgan fingerprint density at radius 1 is 1.05 bits per heavy atom. The van der Waals surface area contributed by atoms with Crippen LogP contribution in [0.3, 0.4) is 0 Å². The molecule has 0 radical (unpaired) electrons. The highest BCUT2D eigenvalue weighted by molar-refractivity contribution is 6.37. The average Bonchev–Trinajstić information content (AvgIpc) is 2.93. The van der Waals surface area contributed by atoms with Gasteiger partial charge in [-0.1, -0.05) is 58.7 Å². The van der Waals surface area contributed by atoms with Gasteiger partial charge in [-0.25, -0.2) is 0 Å². The Balaban J connectivity index is 2.07. The number of hydrogen-bond acceptors (Lipinski definition) is 4. The van der Waals surface area contributed by atoms with Crippen LogP contribution in [0.15, 0.2) is 47.0 Å². The molecule has 0 atom stereocenters. The molecule has 6 heteroatoms. The Morgan fingerprint density at radius 3 is 2.55 bits per heavy atom. The second kappa shape index (κ2) is 5.15. The van der Waals surface area contributed by atoms with Gasteiger partial charge in [0, 0.05) is 10.6 Å². The summed E-state index contributed by atoms with van der Waals surface area (Å²) in [7, 11) is 0. The van der Waals surface area contributed by atoms with Gasteiger partial charge in [0.15, 0.2) is 0 Å². The van der Waals surface area contributed by atoms with Crippen molar-refractivity contribution in [3.8, 4) is 22.8 Å². The summed E-state index contributed by atoms with van der Waals surface area (Å²) in [6.07, 6.45) is 0. The zero-order valence-corrected chi connectivity index (χ0v) is 11.7. The third kappa shape index (κ3) is 2.35. The van der Waals surface area contributed by atoms with Crippen LogP contribution in [0.2, 0.25) is 10.0 Å². The monoisotopic (exact) mass is 305 g/mol. The minimum atomic E-state index is 0.283. The molecule has 20 heavy (non-hydrogen) atoms. The van der Waals surface area contributed by atoms with Crippen molar-refractivity contribution in [2.75, 3.05) is 5.73 Å². The van der Waals surface area contributed by atoms with Gasteiger partial charge in [-0.05, 0) is 12.1 Å². The largest absolute Gasteiger partial charge is 0.397 e. The third-order valence-corrected chi connectivity index (χ3v) is 3.31. The normalized spacial score (nSPS) is 10.7. The standard InChI is InChI=1S/C14H9Cl2N3O/c15-9-6-10(12(17)11(16)7-9)14-18-13(19-20-14)8-4-2-1-3-5-8/h1-7H,17H2. The third-order valence-electron chi connectivity index (χ3n) is 2.78. The van der Waals surface area contributed by atoms with Crippen LogP contribution in [-0.4, -0.2) is 10.1 Å². The molecule has 0 bridgehead atoms. The quantitative estimate of drug-likeness (QED) is 0.717. The van der Waals surface area contributed by atoms with Gasteiger partial charge in [0.25, 0.3) is 5.89 Å². The number of nitrogen functional groups attached to an aromatic ring is 1. The molecule has 0 aliphatic heterocycles. The molecule has 0 saturated heterocycles. The molecule has 1 aromatic heterocycles. The van der Waals surface area contributed by atoms with Crippen LogP contribution in [-0.2, 0) is 0 Å². The lowest BCUT2D eigenvalue weighted by Crippen LogP contribution is -1.92. The van der Waals surface area contributed by atoms with Crippen molar-refractivity contribution < 1.29 is 4.52 Å². The first-order chi connectivity index (χ1) is 9.65. The zero-order valence-electron chi connectivity index (χ0n) is 10.2. The molecule has 3 rings (SSSR count). The molecule has 3 aromatic rings. The minimum Gasteiger partial charge on any atom is -0.397 e. The number of benzene rings is 2. The van der Waals surface area contributed by atoms with Crippen molar-refractivity contribution in [2.45, 2.75) is 0 Å². The number of nitrogens with zero attached hydrogens (tertiary/aromatic N) is 2. The lowest BCUT2D eigenvalue weighted by atomic mass is 10.2. The molecule has 0 fully saturated rings. The summed E-state index contributed by atoms with van der Waals surface area (Å²) in [5, 5.41) is 4.75. The Hall–Kier alpha value is -2.04. The van der Waals surface area contributed by atoms with Gasteiger partial charge in [0.2, 0.25) is 5.82 Å². The van der Waals surface area contributed by atoms with Crippen molar-refractivity contribution in [1.29, 1.82) is 0 Å². The fourth-order valence-corrected chi connectivity index (χ4v) is 2.29. The van der Waals surface area contributed by atoms with Crippen molar-refractivity contribution in [1.82, 2.24) is 10.1 Å². The van der Waals surface area contributed by atoms with Crippen LogP contribution in [0.4, 0.5) is 5.69 Å². The number of hydrogen-bond donors (Lipinski definition) is 1. The Morgan fingerprint density at radius 2 is 1.80 bits per heavy atom. The SMILES string of the molecule is Nc1c(Cl)cc(Cl)cc1-c1nc(-c2ccccc2)no1. The second-order valence-corrected chi connectivity index (χ2v) is 4.98. The fraction of sp³-hybridized carbons (Fsp3) is 0. The molecule has 1 heterocycles. The Labute approximate surface area is 125 Å². The smallest absolute Gasteiger partial charge is 0.260 e. The van der Waals surface area contributed by atoms with E-state index in [1.807, 2.05) is 30.3 Å². The van der Waals surface area contributed by atoms with Crippen LogP contribution >= 0.6 is 23.2 Å². The Bertz CT molecular complexity index is 756. The first kappa shape index (κ1) is 13.0. The summed E-state index contributed by atoms with van der Waals surface area (Å²) in [5.41, 5.74) is 7.65. The van der Waals surface area contributed by atoms with Gasteiger partial charge in [-0.2, -0.15) is 4.98 Å². The number of rotatable bonds is 2. The van der Waals surface area contributed by atoms with E-state index in [4.69, 9.17) is 33.5 Å². The van der Waals surface area contributed by atoms with Gasteiger partial charge >= 0.3 is 0 Å². The summed E-state index contributed by atoms with van der Waals surface area (Å²) < 4.78 is 5.24. The summed E-state index contributed by atoms with van der Waals surface area (Å²) in [6, 6.07) is 12.7. The van der Waals surface area contributed by atoms with E-state index in [1.165, 1.54) is 0 Å². The maximum Gasteiger partial charge on any atom is 0.260 e. The molecule has 0 unspecified atom stereocenters. The van der Waals surface area contributed by atoms with Gasteiger partial charge in [-0.3, -0.25) is 0 Å². The van der Waals surface area contributed by atoms with Crippen LogP contribution in [0.5, 0.6) is 0 Å². The van der Waals surface area contributed by atoms with Crippen LogP contribution < -0.4 is 5.73 Å². The molecule has 0 spiro atoms. The lowest BCUT2D eigenvalue weighted by molar-refractivity contribution is 0.432. The van der Waals surface area contributed by atoms with Gasteiger partial charge in [0.1, 0.15) is 0 Å². The predicted molar refractivity (Wildman–Crippen MR) is 79.6 cm³/mol. The van der Waals surface area contributed by atoms with Crippen LogP contribution in [0.25, 0.3) is 22.8 Å². The maximum absolute atomic E-state index is 5.99. The molecule has 4 nitrogen and oxygen atoms in total. The van der Waals surface area contributed by atoms with Crippen molar-refractivity contribution in [2.24, 2.45) is 0 Å². The van der Waals surface area contributed by atoms with Crippen molar-refractivity contribution in [3.63, 3.8) is 0 Å². The highest BCUT2D eigenvalue weighted by Crippen LogP contribution is 2.34. The highest BCUT2D eigenvalue weighted by Gasteiger charge is 2.15. The van der Waals surface area contributed by atoms with Gasteiger partial charge < -0.3 is 10.3 Å². The molecule has 0 aliphatic carbocycles. The molecule has 100 valence electrons. The van der Waals surface area contributed by atoms with E-state index in [1.54, 1.807) is 12.1 Å². The van der Waals surface area contributed by atoms with E-state index in [2.05, 4.69) is 10.1 Å². The molecular formula is C14H9Cl2N3O. The second-order valence-electron chi connectivity index (χ2n) is 4.14. The molecule has 0 amide bonds. The number of anilines is 1. The number of halogens is 2. The summed E-state index contributed by atoms with van der Waals surface area (Å²) in [6.45, 7) is 0. The average molecular weight is 306 g/mol. The van der Waals surface area contributed by atoms with Gasteiger partial charge in [0.05, 0.1) is 16.3 Å². The van der Waals surface area contributed by atoms with Crippen molar-refractivity contribution >= 4 is 28.9 Å². The predicted octanol–water partition coefficient (Wildman–Crippen LogP) is 4.29. The minimum absolute atomic E-state index is 0.283. The van der Waals surface area contributed by atoms with E-state index in [9.17, 15) is 0 Å². The summed E-state index contributed by atoms with van der Waals surface area (Å²) in [4.78, 5) is 4.32. The number of aromatic nitrogens is 2. The lowest BCUT2D eigenvalue weighted by Gasteiger charge is -2.03. The van der Waals surface area contributed by atoms with E-state index < -0.39 is 0 Å². The highest BCUT2D eigenvalue weighted by atomic mass is 35.5. The topological polar surface area (TPSA) is 64.9 Å². The maximum atomic E-state index is 5.99. The number of nitrogens with two attached hydrogens (primary N) is 1. The fourth-order valence-electron chi connectivity index (χ4n) is 1.80. The van der Waals surface area contributed by atoms with E-state index in [0.29, 0.717) is 27.1 Å². The Kier molecular flexibility index (Phi) is 3.34. The van der Waals surface area contributed by atoms with Crippen molar-refractivity contribution in [3.05, 3.63) is 52.5 Å². The van der Waals surface area contributed by atoms with E-state index >= 15 is 0 Å². The first-order valence-corrected chi connectivity index (χ1v) is 6.55. The summed E-state index contributed by atoms with van der Waals surface area (Å²) in [5.74, 6) is 0.766. The van der Waals surface area contributed by atoms with Crippen LogP contribution in [0.1, 0.15) is 0 Å². The first-order valence-electron chi connectivity index (χ1n) is 5.79. The molecular weight excluding hydrogens is 297 g/mol. The molecule has 2 N–H and O–H groups in total. The molecule has 0 saturated carbocycles. The van der Waals surface area contributed by atoms with Gasteiger partial charge in [-0.15, -0.1) is 0 Å².